The monoisotopic (exact) mass is 142 g/mol. The Labute approximate surface area is 59.6 Å². The summed E-state index contributed by atoms with van der Waals surface area (Å²) < 4.78 is 9.36. The molecule has 0 saturated heterocycles. The van der Waals surface area contributed by atoms with Crippen LogP contribution in [0.2, 0.25) is 0 Å². The average molecular weight is 142 g/mol. The van der Waals surface area contributed by atoms with Crippen molar-refractivity contribution in [3.8, 4) is 0 Å². The molecule has 0 aromatic rings. The van der Waals surface area contributed by atoms with Crippen LogP contribution in [0.1, 0.15) is 20.8 Å². The van der Waals surface area contributed by atoms with Crippen molar-refractivity contribution >= 4 is 6.16 Å². The zero-order valence-corrected chi connectivity index (χ0v) is 6.30. The summed E-state index contributed by atoms with van der Waals surface area (Å²) in [5.74, 6) is 0. The third-order valence-electron chi connectivity index (χ3n) is 1.62. The Bertz CT molecular complexity index is 191. The molecule has 0 unspecified atom stereocenters. The molecule has 0 saturated carbocycles. The van der Waals surface area contributed by atoms with Gasteiger partial charge in [0.1, 0.15) is 11.9 Å². The van der Waals surface area contributed by atoms with Crippen molar-refractivity contribution in [3.05, 3.63) is 11.8 Å². The van der Waals surface area contributed by atoms with Crippen LogP contribution >= 0.6 is 0 Å². The predicted octanol–water partition coefficient (Wildman–Crippen LogP) is 1.84. The summed E-state index contributed by atoms with van der Waals surface area (Å²) >= 11 is 0. The minimum atomic E-state index is -0.629. The fourth-order valence-electron chi connectivity index (χ4n) is 0.591. The maximum absolute atomic E-state index is 10.5. The Morgan fingerprint density at radius 1 is 1.50 bits per heavy atom. The maximum Gasteiger partial charge on any atom is 0.514 e. The highest BCUT2D eigenvalue weighted by atomic mass is 16.7. The normalized spacial score (nSPS) is 22.7. The van der Waals surface area contributed by atoms with Gasteiger partial charge in [-0.05, 0) is 20.8 Å². The van der Waals surface area contributed by atoms with Gasteiger partial charge in [0, 0.05) is 5.57 Å². The van der Waals surface area contributed by atoms with E-state index >= 15 is 0 Å². The minimum Gasteiger partial charge on any atom is -0.423 e. The predicted molar refractivity (Wildman–Crippen MR) is 35.4 cm³/mol. The molecule has 0 bridgehead atoms. The van der Waals surface area contributed by atoms with Crippen LogP contribution in [0.15, 0.2) is 11.8 Å². The van der Waals surface area contributed by atoms with E-state index in [1.165, 1.54) is 6.26 Å². The SMILES string of the molecule is CC1=COC(=O)OC1(C)C. The third-order valence-corrected chi connectivity index (χ3v) is 1.62. The van der Waals surface area contributed by atoms with Gasteiger partial charge in [0.25, 0.3) is 0 Å². The molecule has 0 spiro atoms. The van der Waals surface area contributed by atoms with Gasteiger partial charge in [-0.15, -0.1) is 0 Å². The second kappa shape index (κ2) is 2.01. The van der Waals surface area contributed by atoms with Crippen LogP contribution in [0.4, 0.5) is 4.79 Å². The van der Waals surface area contributed by atoms with Crippen LogP contribution in [-0.2, 0) is 9.47 Å². The van der Waals surface area contributed by atoms with Crippen LogP contribution in [0.25, 0.3) is 0 Å². The number of ether oxygens (including phenoxy) is 2. The van der Waals surface area contributed by atoms with Crippen molar-refractivity contribution in [2.24, 2.45) is 0 Å². The lowest BCUT2D eigenvalue weighted by Crippen LogP contribution is -2.32. The summed E-state index contributed by atoms with van der Waals surface area (Å²) in [4.78, 5) is 10.5. The molecule has 0 atom stereocenters. The Morgan fingerprint density at radius 3 is 2.50 bits per heavy atom. The molecule has 3 nitrogen and oxygen atoms in total. The van der Waals surface area contributed by atoms with E-state index < -0.39 is 11.8 Å². The molecule has 0 aromatic heterocycles. The molecule has 1 rings (SSSR count). The van der Waals surface area contributed by atoms with E-state index in [0.29, 0.717) is 0 Å². The van der Waals surface area contributed by atoms with Crippen LogP contribution in [-0.4, -0.2) is 11.8 Å². The van der Waals surface area contributed by atoms with E-state index in [-0.39, 0.29) is 0 Å². The summed E-state index contributed by atoms with van der Waals surface area (Å²) in [6.45, 7) is 5.49. The van der Waals surface area contributed by atoms with Gasteiger partial charge >= 0.3 is 6.16 Å². The van der Waals surface area contributed by atoms with Crippen molar-refractivity contribution in [2.45, 2.75) is 26.4 Å². The van der Waals surface area contributed by atoms with Gasteiger partial charge < -0.3 is 9.47 Å². The third kappa shape index (κ3) is 1.12. The van der Waals surface area contributed by atoms with Crippen molar-refractivity contribution in [1.29, 1.82) is 0 Å². The molecule has 0 aliphatic carbocycles. The summed E-state index contributed by atoms with van der Waals surface area (Å²) in [6.07, 6.45) is 0.793. The number of rotatable bonds is 0. The van der Waals surface area contributed by atoms with Crippen LogP contribution < -0.4 is 0 Å². The smallest absolute Gasteiger partial charge is 0.423 e. The van der Waals surface area contributed by atoms with Gasteiger partial charge in [0.15, 0.2) is 0 Å². The fraction of sp³-hybridized carbons (Fsp3) is 0.571. The summed E-state index contributed by atoms with van der Waals surface area (Å²) in [6, 6.07) is 0. The number of carbonyl (C=O) groups is 1. The molecule has 0 amide bonds. The van der Waals surface area contributed by atoms with Gasteiger partial charge in [0.05, 0.1) is 0 Å². The van der Waals surface area contributed by atoms with E-state index in [0.717, 1.165) is 5.57 Å². The van der Waals surface area contributed by atoms with Gasteiger partial charge in [0.2, 0.25) is 0 Å². The molecule has 56 valence electrons. The molecule has 0 N–H and O–H groups in total. The average Bonchev–Trinajstić information content (AvgIpc) is 1.78. The minimum absolute atomic E-state index is 0.505. The van der Waals surface area contributed by atoms with Gasteiger partial charge in [-0.3, -0.25) is 0 Å². The lowest BCUT2D eigenvalue weighted by Gasteiger charge is -2.28. The Morgan fingerprint density at radius 2 is 2.10 bits per heavy atom. The van der Waals surface area contributed by atoms with Crippen molar-refractivity contribution < 1.29 is 14.3 Å². The number of hydrogen-bond donors (Lipinski definition) is 0. The maximum atomic E-state index is 10.5. The van der Waals surface area contributed by atoms with E-state index in [1.54, 1.807) is 0 Å². The highest BCUT2D eigenvalue weighted by molar-refractivity contribution is 5.63. The standard InChI is InChI=1S/C7H10O3/c1-5-4-9-6(8)10-7(5,2)3/h4H,1-3H3. The van der Waals surface area contributed by atoms with E-state index in [9.17, 15) is 4.79 Å². The molecule has 1 aliphatic heterocycles. The summed E-state index contributed by atoms with van der Waals surface area (Å²) in [5.41, 5.74) is 0.405. The Hall–Kier alpha value is -0.990. The highest BCUT2D eigenvalue weighted by Crippen LogP contribution is 2.24. The molecular weight excluding hydrogens is 132 g/mol. The first kappa shape index (κ1) is 7.12. The zero-order chi connectivity index (χ0) is 7.78. The molecule has 3 heteroatoms. The lowest BCUT2D eigenvalue weighted by atomic mass is 10.0. The van der Waals surface area contributed by atoms with E-state index in [2.05, 4.69) is 4.74 Å². The number of carbonyl (C=O) groups excluding carboxylic acids is 1. The van der Waals surface area contributed by atoms with Gasteiger partial charge in [-0.25, -0.2) is 4.79 Å². The first-order valence-electron chi connectivity index (χ1n) is 3.09. The van der Waals surface area contributed by atoms with Crippen LogP contribution in [0, 0.1) is 0 Å². The highest BCUT2D eigenvalue weighted by Gasteiger charge is 2.29. The second-order valence-corrected chi connectivity index (χ2v) is 2.78. The molecule has 0 radical (unpaired) electrons. The summed E-state index contributed by atoms with van der Waals surface area (Å²) in [7, 11) is 0. The molecule has 0 fully saturated rings. The summed E-state index contributed by atoms with van der Waals surface area (Å²) in [5, 5.41) is 0. The molecule has 1 heterocycles. The fourth-order valence-corrected chi connectivity index (χ4v) is 0.591. The largest absolute Gasteiger partial charge is 0.514 e. The lowest BCUT2D eigenvalue weighted by molar-refractivity contribution is 0.00231. The van der Waals surface area contributed by atoms with Gasteiger partial charge in [-0.2, -0.15) is 0 Å². The quantitative estimate of drug-likeness (QED) is 0.484. The van der Waals surface area contributed by atoms with Crippen LogP contribution in [0.5, 0.6) is 0 Å². The molecule has 1 aliphatic rings. The zero-order valence-electron chi connectivity index (χ0n) is 6.30. The number of cyclic esters (lactones) is 2. The molecular formula is C7H10O3. The van der Waals surface area contributed by atoms with E-state index in [1.807, 2.05) is 20.8 Å². The molecule has 0 aromatic carbocycles. The Kier molecular flexibility index (Phi) is 1.43. The van der Waals surface area contributed by atoms with Crippen molar-refractivity contribution in [3.63, 3.8) is 0 Å². The first-order chi connectivity index (χ1) is 4.52. The van der Waals surface area contributed by atoms with Crippen molar-refractivity contribution in [1.82, 2.24) is 0 Å². The van der Waals surface area contributed by atoms with Gasteiger partial charge in [-0.1, -0.05) is 0 Å². The topological polar surface area (TPSA) is 35.5 Å². The number of hydrogen-bond acceptors (Lipinski definition) is 3. The van der Waals surface area contributed by atoms with E-state index in [4.69, 9.17) is 4.74 Å². The molecule has 10 heavy (non-hydrogen) atoms. The van der Waals surface area contributed by atoms with Crippen LogP contribution in [0.3, 0.4) is 0 Å². The van der Waals surface area contributed by atoms with Crippen molar-refractivity contribution in [2.75, 3.05) is 0 Å². The Balaban J connectivity index is 2.86. The first-order valence-corrected chi connectivity index (χ1v) is 3.09. The second-order valence-electron chi connectivity index (χ2n) is 2.78.